The topological polar surface area (TPSA) is 79.0 Å². The van der Waals surface area contributed by atoms with Crippen LogP contribution in [0.3, 0.4) is 0 Å². The van der Waals surface area contributed by atoms with Gasteiger partial charge in [0.05, 0.1) is 31.5 Å². The summed E-state index contributed by atoms with van der Waals surface area (Å²) in [6.07, 6.45) is 3.07. The summed E-state index contributed by atoms with van der Waals surface area (Å²) in [5, 5.41) is 0. The molecule has 1 N–H and O–H groups in total. The molecule has 2 saturated heterocycles. The zero-order valence-corrected chi connectivity index (χ0v) is 20.2. The van der Waals surface area contributed by atoms with E-state index in [2.05, 4.69) is 4.72 Å². The molecular formula is C25H30FN3O4S. The van der Waals surface area contributed by atoms with Gasteiger partial charge in [0.2, 0.25) is 10.0 Å². The fraction of sp³-hybridized carbons (Fsp3) is 0.480. The van der Waals surface area contributed by atoms with Crippen molar-refractivity contribution in [2.75, 3.05) is 33.0 Å². The highest BCUT2D eigenvalue weighted by molar-refractivity contribution is 7.88. The van der Waals surface area contributed by atoms with Crippen molar-refractivity contribution in [3.8, 4) is 11.1 Å². The van der Waals surface area contributed by atoms with Crippen LogP contribution in [0.4, 0.5) is 9.18 Å². The number of ether oxygens (including phenoxy) is 1. The molecule has 7 nitrogen and oxygen atoms in total. The summed E-state index contributed by atoms with van der Waals surface area (Å²) in [5.74, 6) is -0.334. The van der Waals surface area contributed by atoms with Gasteiger partial charge in [-0.25, -0.2) is 22.3 Å². The molecule has 0 radical (unpaired) electrons. The van der Waals surface area contributed by atoms with Crippen molar-refractivity contribution in [1.82, 2.24) is 14.5 Å². The highest BCUT2D eigenvalue weighted by Crippen LogP contribution is 2.56. The second-order valence-corrected chi connectivity index (χ2v) is 11.6. The number of hydrogen-bond donors (Lipinski definition) is 1. The molecule has 2 heterocycles. The fourth-order valence-corrected chi connectivity index (χ4v) is 6.24. The van der Waals surface area contributed by atoms with Crippen molar-refractivity contribution >= 4 is 16.1 Å². The predicted octanol–water partition coefficient (Wildman–Crippen LogP) is 2.87. The molecule has 2 aromatic carbocycles. The monoisotopic (exact) mass is 487 g/mol. The summed E-state index contributed by atoms with van der Waals surface area (Å²) in [4.78, 5) is 16.9. The smallest absolute Gasteiger partial charge is 0.320 e. The van der Waals surface area contributed by atoms with Crippen LogP contribution in [0, 0.1) is 11.2 Å². The Bertz CT molecular complexity index is 1180. The van der Waals surface area contributed by atoms with Crippen molar-refractivity contribution in [3.05, 3.63) is 59.9 Å². The third kappa shape index (κ3) is 4.32. The Morgan fingerprint density at radius 2 is 1.85 bits per heavy atom. The number of carbonyl (C=O) groups is 1. The van der Waals surface area contributed by atoms with E-state index in [9.17, 15) is 13.2 Å². The number of benzene rings is 2. The van der Waals surface area contributed by atoms with Gasteiger partial charge < -0.3 is 14.5 Å². The van der Waals surface area contributed by atoms with Crippen molar-refractivity contribution in [2.45, 2.75) is 37.5 Å². The molecule has 2 atom stereocenters. The van der Waals surface area contributed by atoms with E-state index in [-0.39, 0.29) is 29.8 Å². The van der Waals surface area contributed by atoms with E-state index < -0.39 is 22.1 Å². The molecule has 2 aliphatic heterocycles. The lowest BCUT2D eigenvalue weighted by Gasteiger charge is -2.42. The summed E-state index contributed by atoms with van der Waals surface area (Å²) in [6.45, 7) is 1.49. The number of carbonyl (C=O) groups excluding carboxylic acids is 1. The van der Waals surface area contributed by atoms with Gasteiger partial charge >= 0.3 is 6.03 Å². The Hall–Kier alpha value is -2.49. The number of rotatable bonds is 6. The lowest BCUT2D eigenvalue weighted by molar-refractivity contribution is -0.0166. The summed E-state index contributed by atoms with van der Waals surface area (Å²) in [5.41, 5.74) is 1.45. The molecule has 1 saturated carbocycles. The summed E-state index contributed by atoms with van der Waals surface area (Å²) < 4.78 is 48.3. The van der Waals surface area contributed by atoms with Crippen LogP contribution in [0.1, 0.15) is 18.4 Å². The second kappa shape index (κ2) is 8.62. The van der Waals surface area contributed by atoms with E-state index in [0.717, 1.165) is 24.7 Å². The SMILES string of the molecule is COC1CN(C(=O)N2CC3(CC3)C(NS(C)(=O)=O)C2Cc2cccc(-c3ccccc3)c2F)C1. The van der Waals surface area contributed by atoms with Crippen molar-refractivity contribution in [3.63, 3.8) is 0 Å². The van der Waals surface area contributed by atoms with Gasteiger partial charge in [-0.15, -0.1) is 0 Å². The summed E-state index contributed by atoms with van der Waals surface area (Å²) in [7, 11) is -1.89. The van der Waals surface area contributed by atoms with Crippen molar-refractivity contribution < 1.29 is 22.3 Å². The first-order chi connectivity index (χ1) is 16.2. The second-order valence-electron chi connectivity index (χ2n) is 9.82. The van der Waals surface area contributed by atoms with Crippen LogP contribution in [0.15, 0.2) is 48.5 Å². The Morgan fingerprint density at radius 3 is 2.47 bits per heavy atom. The van der Waals surface area contributed by atoms with Crippen LogP contribution in [-0.4, -0.2) is 75.4 Å². The minimum Gasteiger partial charge on any atom is -0.378 e. The lowest BCUT2D eigenvalue weighted by atomic mass is 9.91. The van der Waals surface area contributed by atoms with Gasteiger partial charge in [0, 0.05) is 30.7 Å². The number of amides is 2. The highest BCUT2D eigenvalue weighted by Gasteiger charge is 2.61. The number of halogens is 1. The molecule has 3 aliphatic rings. The maximum absolute atomic E-state index is 15.7. The molecule has 1 spiro atoms. The fourth-order valence-electron chi connectivity index (χ4n) is 5.37. The van der Waals surface area contributed by atoms with E-state index in [1.165, 1.54) is 0 Å². The Balaban J connectivity index is 1.47. The molecule has 34 heavy (non-hydrogen) atoms. The third-order valence-corrected chi connectivity index (χ3v) is 8.14. The zero-order chi connectivity index (χ0) is 24.1. The first kappa shape index (κ1) is 23.3. The molecule has 2 unspecified atom stereocenters. The number of sulfonamides is 1. The Kier molecular flexibility index (Phi) is 5.90. The third-order valence-electron chi connectivity index (χ3n) is 7.45. The molecule has 2 aromatic rings. The Labute approximate surface area is 199 Å². The van der Waals surface area contributed by atoms with Gasteiger partial charge in [-0.3, -0.25) is 0 Å². The number of methoxy groups -OCH3 is 1. The quantitative estimate of drug-likeness (QED) is 0.680. The van der Waals surface area contributed by atoms with Crippen LogP contribution in [-0.2, 0) is 21.2 Å². The van der Waals surface area contributed by atoms with Gasteiger partial charge in [0.1, 0.15) is 5.82 Å². The van der Waals surface area contributed by atoms with Gasteiger partial charge in [0.25, 0.3) is 0 Å². The molecule has 3 fully saturated rings. The van der Waals surface area contributed by atoms with E-state index >= 15 is 4.39 Å². The lowest BCUT2D eigenvalue weighted by Crippen LogP contribution is -2.60. The summed E-state index contributed by atoms with van der Waals surface area (Å²) >= 11 is 0. The zero-order valence-electron chi connectivity index (χ0n) is 19.4. The summed E-state index contributed by atoms with van der Waals surface area (Å²) in [6, 6.07) is 13.5. The van der Waals surface area contributed by atoms with Crippen LogP contribution < -0.4 is 4.72 Å². The predicted molar refractivity (Wildman–Crippen MR) is 127 cm³/mol. The standard InChI is InChI=1S/C25H30FN3O4S/c1-33-19-14-28(15-19)24(30)29-16-25(11-12-25)23(27-34(2,31)32)21(29)13-18-9-6-10-20(22(18)26)17-7-4-3-5-8-17/h3-10,19,21,23,27H,11-16H2,1-2H3. The van der Waals surface area contributed by atoms with Crippen LogP contribution >= 0.6 is 0 Å². The molecule has 1 aliphatic carbocycles. The highest BCUT2D eigenvalue weighted by atomic mass is 32.2. The maximum atomic E-state index is 15.7. The number of nitrogens with one attached hydrogen (secondary N) is 1. The number of urea groups is 1. The van der Waals surface area contributed by atoms with Gasteiger partial charge in [-0.1, -0.05) is 48.5 Å². The first-order valence-electron chi connectivity index (χ1n) is 11.6. The molecule has 9 heteroatoms. The largest absolute Gasteiger partial charge is 0.378 e. The molecule has 182 valence electrons. The van der Waals surface area contributed by atoms with E-state index in [0.29, 0.717) is 30.8 Å². The minimum absolute atomic E-state index is 0.0184. The number of nitrogens with zero attached hydrogens (tertiary/aromatic N) is 2. The minimum atomic E-state index is -3.51. The molecule has 5 rings (SSSR count). The van der Waals surface area contributed by atoms with E-state index in [1.807, 2.05) is 36.4 Å². The van der Waals surface area contributed by atoms with Crippen molar-refractivity contribution in [2.24, 2.45) is 5.41 Å². The molecule has 0 aromatic heterocycles. The van der Waals surface area contributed by atoms with Crippen LogP contribution in [0.5, 0.6) is 0 Å². The molecule has 2 amide bonds. The molecule has 0 bridgehead atoms. The van der Waals surface area contributed by atoms with E-state index in [1.54, 1.807) is 29.0 Å². The first-order valence-corrected chi connectivity index (χ1v) is 13.5. The average Bonchev–Trinajstić information content (AvgIpc) is 3.49. The van der Waals surface area contributed by atoms with Crippen LogP contribution in [0.2, 0.25) is 0 Å². The van der Waals surface area contributed by atoms with Crippen LogP contribution in [0.25, 0.3) is 11.1 Å². The normalized spacial score (nSPS) is 23.9. The van der Waals surface area contributed by atoms with Gasteiger partial charge in [-0.2, -0.15) is 0 Å². The number of hydrogen-bond acceptors (Lipinski definition) is 4. The van der Waals surface area contributed by atoms with Gasteiger partial charge in [0.15, 0.2) is 0 Å². The average molecular weight is 488 g/mol. The van der Waals surface area contributed by atoms with E-state index in [4.69, 9.17) is 4.74 Å². The van der Waals surface area contributed by atoms with Crippen molar-refractivity contribution in [1.29, 1.82) is 0 Å². The molecular weight excluding hydrogens is 457 g/mol. The van der Waals surface area contributed by atoms with Gasteiger partial charge in [-0.05, 0) is 30.4 Å². The number of likely N-dealkylation sites (tertiary alicyclic amines) is 2. The maximum Gasteiger partial charge on any atom is 0.320 e. The Morgan fingerprint density at radius 1 is 1.15 bits per heavy atom.